The number of hydrogen-bond acceptors (Lipinski definition) is 3. The predicted molar refractivity (Wildman–Crippen MR) is 112 cm³/mol. The van der Waals surface area contributed by atoms with E-state index in [1.54, 1.807) is 24.3 Å². The van der Waals surface area contributed by atoms with Crippen molar-refractivity contribution in [3.8, 4) is 0 Å². The average molecular weight is 421 g/mol. The number of halogens is 1. The van der Waals surface area contributed by atoms with Crippen LogP contribution in [-0.4, -0.2) is 31.7 Å². The van der Waals surface area contributed by atoms with Gasteiger partial charge in [0.1, 0.15) is 0 Å². The molecule has 2 atom stereocenters. The molecule has 28 heavy (non-hydrogen) atoms. The van der Waals surface area contributed by atoms with Gasteiger partial charge in [0.2, 0.25) is 10.0 Å². The first-order valence-corrected chi connectivity index (χ1v) is 11.2. The predicted octanol–water partition coefficient (Wildman–Crippen LogP) is 4.57. The Balaban J connectivity index is 1.84. The summed E-state index contributed by atoms with van der Waals surface area (Å²) in [6.07, 6.45) is 1.02. The largest absolute Gasteiger partial charge is 0.321 e. The number of aryl methyl sites for hydroxylation is 1. The lowest BCUT2D eigenvalue weighted by atomic mass is 9.94. The molecular formula is C21H25ClN2O3S. The van der Waals surface area contributed by atoms with Crippen LogP contribution < -0.4 is 5.32 Å². The highest BCUT2D eigenvalue weighted by molar-refractivity contribution is 7.89. The highest BCUT2D eigenvalue weighted by Gasteiger charge is 2.32. The summed E-state index contributed by atoms with van der Waals surface area (Å²) in [7, 11) is -3.64. The summed E-state index contributed by atoms with van der Waals surface area (Å²) in [5, 5.41) is 3.19. The van der Waals surface area contributed by atoms with Crippen molar-refractivity contribution in [2.24, 2.45) is 11.8 Å². The van der Waals surface area contributed by atoms with Crippen molar-refractivity contribution in [2.75, 3.05) is 18.4 Å². The van der Waals surface area contributed by atoms with Gasteiger partial charge in [0.15, 0.2) is 0 Å². The molecule has 1 aliphatic heterocycles. The van der Waals surface area contributed by atoms with Crippen LogP contribution in [0.2, 0.25) is 5.02 Å². The molecular weight excluding hydrogens is 396 g/mol. The van der Waals surface area contributed by atoms with E-state index in [2.05, 4.69) is 19.2 Å². The van der Waals surface area contributed by atoms with Crippen LogP contribution in [-0.2, 0) is 10.0 Å². The second kappa shape index (κ2) is 8.23. The van der Waals surface area contributed by atoms with E-state index in [1.807, 2.05) is 13.0 Å². The lowest BCUT2D eigenvalue weighted by molar-refractivity contribution is 0.102. The third kappa shape index (κ3) is 4.57. The number of nitrogens with zero attached hydrogens (tertiary/aromatic N) is 1. The molecule has 0 saturated carbocycles. The fraction of sp³-hybridized carbons (Fsp3) is 0.381. The van der Waals surface area contributed by atoms with Crippen molar-refractivity contribution in [1.29, 1.82) is 0 Å². The van der Waals surface area contributed by atoms with E-state index in [0.29, 0.717) is 35.6 Å². The number of sulfonamides is 1. The molecule has 2 aromatic carbocycles. The molecule has 1 heterocycles. The fourth-order valence-corrected chi connectivity index (χ4v) is 5.67. The quantitative estimate of drug-likeness (QED) is 0.787. The van der Waals surface area contributed by atoms with Gasteiger partial charge in [-0.25, -0.2) is 8.42 Å². The summed E-state index contributed by atoms with van der Waals surface area (Å²) >= 11 is 6.18. The monoisotopic (exact) mass is 420 g/mol. The standard InChI is InChI=1S/C21H25ClN2O3S/c1-14-7-8-20(19(22)10-14)23-21(25)17-5-4-6-18(11-17)28(26,27)24-12-15(2)9-16(3)13-24/h4-8,10-11,15-16H,9,12-13H2,1-3H3,(H,23,25). The van der Waals surface area contributed by atoms with Crippen LogP contribution in [0.1, 0.15) is 36.2 Å². The van der Waals surface area contributed by atoms with Gasteiger partial charge < -0.3 is 5.32 Å². The number of carbonyl (C=O) groups excluding carboxylic acids is 1. The van der Waals surface area contributed by atoms with Gasteiger partial charge in [-0.2, -0.15) is 4.31 Å². The van der Waals surface area contributed by atoms with Crippen LogP contribution in [0.15, 0.2) is 47.4 Å². The minimum atomic E-state index is -3.64. The lowest BCUT2D eigenvalue weighted by Gasteiger charge is -2.34. The third-order valence-electron chi connectivity index (χ3n) is 4.94. The van der Waals surface area contributed by atoms with Gasteiger partial charge in [-0.15, -0.1) is 0 Å². The van der Waals surface area contributed by atoms with Crippen molar-refractivity contribution >= 4 is 33.2 Å². The van der Waals surface area contributed by atoms with Crippen LogP contribution in [0.4, 0.5) is 5.69 Å². The maximum Gasteiger partial charge on any atom is 0.255 e. The van der Waals surface area contributed by atoms with E-state index in [-0.39, 0.29) is 10.5 Å². The van der Waals surface area contributed by atoms with Gasteiger partial charge in [0.25, 0.3) is 5.91 Å². The number of nitrogens with one attached hydrogen (secondary N) is 1. The Morgan fingerprint density at radius 1 is 1.11 bits per heavy atom. The number of benzene rings is 2. The SMILES string of the molecule is Cc1ccc(NC(=O)c2cccc(S(=O)(=O)N3CC(C)CC(C)C3)c2)c(Cl)c1. The van der Waals surface area contributed by atoms with E-state index in [9.17, 15) is 13.2 Å². The maximum absolute atomic E-state index is 13.1. The summed E-state index contributed by atoms with van der Waals surface area (Å²) in [4.78, 5) is 12.8. The van der Waals surface area contributed by atoms with Crippen LogP contribution in [0.3, 0.4) is 0 Å². The Kier molecular flexibility index (Phi) is 6.12. The Morgan fingerprint density at radius 3 is 2.43 bits per heavy atom. The van der Waals surface area contributed by atoms with E-state index >= 15 is 0 Å². The minimum Gasteiger partial charge on any atom is -0.321 e. The number of carbonyl (C=O) groups is 1. The molecule has 5 nitrogen and oxygen atoms in total. The van der Waals surface area contributed by atoms with Gasteiger partial charge in [0.05, 0.1) is 15.6 Å². The fourth-order valence-electron chi connectivity index (χ4n) is 3.66. The van der Waals surface area contributed by atoms with Crippen molar-refractivity contribution in [3.05, 3.63) is 58.6 Å². The number of hydrogen-bond donors (Lipinski definition) is 1. The minimum absolute atomic E-state index is 0.136. The molecule has 150 valence electrons. The topological polar surface area (TPSA) is 66.5 Å². The molecule has 1 fully saturated rings. The second-order valence-corrected chi connectivity index (χ2v) is 10.1. The average Bonchev–Trinajstić information content (AvgIpc) is 2.63. The van der Waals surface area contributed by atoms with Crippen LogP contribution >= 0.6 is 11.6 Å². The van der Waals surface area contributed by atoms with Gasteiger partial charge >= 0.3 is 0 Å². The molecule has 0 aromatic heterocycles. The van der Waals surface area contributed by atoms with Crippen molar-refractivity contribution in [2.45, 2.75) is 32.1 Å². The third-order valence-corrected chi connectivity index (χ3v) is 7.08. The van der Waals surface area contributed by atoms with E-state index < -0.39 is 15.9 Å². The van der Waals surface area contributed by atoms with Gasteiger partial charge in [-0.3, -0.25) is 4.79 Å². The molecule has 0 aliphatic carbocycles. The summed E-state index contributed by atoms with van der Waals surface area (Å²) in [6.45, 7) is 7.04. The summed E-state index contributed by atoms with van der Waals surface area (Å²) in [5.41, 5.74) is 1.75. The molecule has 0 spiro atoms. The Morgan fingerprint density at radius 2 is 1.79 bits per heavy atom. The summed E-state index contributed by atoms with van der Waals surface area (Å²) in [6, 6.07) is 11.5. The first kappa shape index (κ1) is 20.8. The summed E-state index contributed by atoms with van der Waals surface area (Å²) < 4.78 is 27.7. The Bertz CT molecular complexity index is 981. The Hall–Kier alpha value is -1.89. The molecule has 1 saturated heterocycles. The normalized spacial score (nSPS) is 20.7. The first-order valence-electron chi connectivity index (χ1n) is 9.34. The molecule has 0 radical (unpaired) electrons. The zero-order chi connectivity index (χ0) is 20.5. The molecule has 1 amide bonds. The van der Waals surface area contributed by atoms with Gasteiger partial charge in [0, 0.05) is 18.7 Å². The van der Waals surface area contributed by atoms with Crippen molar-refractivity contribution < 1.29 is 13.2 Å². The van der Waals surface area contributed by atoms with E-state index in [0.717, 1.165) is 12.0 Å². The zero-order valence-corrected chi connectivity index (χ0v) is 17.8. The lowest BCUT2D eigenvalue weighted by Crippen LogP contribution is -2.42. The molecule has 1 aliphatic rings. The number of amides is 1. The molecule has 0 bridgehead atoms. The Labute approximate surface area is 171 Å². The molecule has 3 rings (SSSR count). The van der Waals surface area contributed by atoms with E-state index in [1.165, 1.54) is 16.4 Å². The first-order chi connectivity index (χ1) is 13.2. The highest BCUT2D eigenvalue weighted by Crippen LogP contribution is 2.28. The van der Waals surface area contributed by atoms with Crippen molar-refractivity contribution in [1.82, 2.24) is 4.31 Å². The summed E-state index contributed by atoms with van der Waals surface area (Å²) in [5.74, 6) is 0.227. The molecule has 7 heteroatoms. The van der Waals surface area contributed by atoms with Crippen molar-refractivity contribution in [3.63, 3.8) is 0 Å². The van der Waals surface area contributed by atoms with Crippen LogP contribution in [0, 0.1) is 18.8 Å². The maximum atomic E-state index is 13.1. The molecule has 2 aromatic rings. The van der Waals surface area contributed by atoms with Gasteiger partial charge in [-0.05, 0) is 61.1 Å². The zero-order valence-electron chi connectivity index (χ0n) is 16.3. The molecule has 1 N–H and O–H groups in total. The number of anilines is 1. The van der Waals surface area contributed by atoms with E-state index in [4.69, 9.17) is 11.6 Å². The number of rotatable bonds is 4. The number of piperidine rings is 1. The molecule has 2 unspecified atom stereocenters. The second-order valence-electron chi connectivity index (χ2n) is 7.73. The van der Waals surface area contributed by atoms with Gasteiger partial charge in [-0.1, -0.05) is 37.6 Å². The van der Waals surface area contributed by atoms with Crippen LogP contribution in [0.25, 0.3) is 0 Å². The van der Waals surface area contributed by atoms with Crippen LogP contribution in [0.5, 0.6) is 0 Å². The smallest absolute Gasteiger partial charge is 0.255 e. The highest BCUT2D eigenvalue weighted by atomic mass is 35.5.